The summed E-state index contributed by atoms with van der Waals surface area (Å²) < 4.78 is 0. The van der Waals surface area contributed by atoms with Gasteiger partial charge in [-0.25, -0.2) is 0 Å². The van der Waals surface area contributed by atoms with Crippen LogP contribution in [0, 0.1) is 0 Å². The van der Waals surface area contributed by atoms with Crippen LogP contribution in [0.4, 0.5) is 0 Å². The SMILES string of the molecule is CCCCCCCCCC(Cl)C(O)C[NH+](C)C.[Cl-]. The van der Waals surface area contributed by atoms with E-state index < -0.39 is 0 Å². The minimum absolute atomic E-state index is 0. The monoisotopic (exact) mass is 299 g/mol. The molecule has 2 nitrogen and oxygen atoms in total. The predicted molar refractivity (Wildman–Crippen MR) is 75.9 cm³/mol. The van der Waals surface area contributed by atoms with E-state index >= 15 is 0 Å². The van der Waals surface area contributed by atoms with E-state index in [1.807, 2.05) is 14.1 Å². The number of aliphatic hydroxyl groups excluding tert-OH is 1. The molecule has 4 heteroatoms. The Labute approximate surface area is 124 Å². The third kappa shape index (κ3) is 12.9. The van der Waals surface area contributed by atoms with Gasteiger partial charge in [0, 0.05) is 0 Å². The number of unbranched alkanes of at least 4 members (excludes halogenated alkanes) is 6. The molecule has 0 spiro atoms. The van der Waals surface area contributed by atoms with Gasteiger partial charge in [0.05, 0.1) is 19.5 Å². The number of alkyl halides is 1. The lowest BCUT2D eigenvalue weighted by Gasteiger charge is -2.18. The Kier molecular flexibility index (Phi) is 16.1. The van der Waals surface area contributed by atoms with Gasteiger partial charge in [-0.05, 0) is 6.42 Å². The second-order valence-corrected chi connectivity index (χ2v) is 5.97. The standard InChI is InChI=1S/C14H30ClNO.ClH/c1-4-5-6-7-8-9-10-11-13(15)14(17)12-16(2)3;/h13-14,17H,4-12H2,1-3H3;1H. The van der Waals surface area contributed by atoms with Crippen molar-refractivity contribution in [2.75, 3.05) is 20.6 Å². The molecule has 0 rings (SSSR count). The van der Waals surface area contributed by atoms with Gasteiger partial charge in [-0.2, -0.15) is 0 Å². The summed E-state index contributed by atoms with van der Waals surface area (Å²) in [6, 6.07) is 0. The summed E-state index contributed by atoms with van der Waals surface area (Å²) in [6.07, 6.45) is 9.71. The lowest BCUT2D eigenvalue weighted by atomic mass is 10.1. The fourth-order valence-electron chi connectivity index (χ4n) is 2.03. The van der Waals surface area contributed by atoms with Gasteiger partial charge in [0.1, 0.15) is 12.6 Å². The molecule has 2 atom stereocenters. The van der Waals surface area contributed by atoms with Crippen LogP contribution in [0.5, 0.6) is 0 Å². The van der Waals surface area contributed by atoms with Crippen molar-refractivity contribution < 1.29 is 22.4 Å². The molecular formula is C14H31Cl2NO. The van der Waals surface area contributed by atoms with E-state index in [1.165, 1.54) is 43.4 Å². The third-order valence-electron chi connectivity index (χ3n) is 3.12. The molecule has 0 aromatic carbocycles. The van der Waals surface area contributed by atoms with Gasteiger partial charge in [0.15, 0.2) is 0 Å². The zero-order valence-electron chi connectivity index (χ0n) is 12.2. The van der Waals surface area contributed by atoms with Crippen molar-refractivity contribution in [2.45, 2.75) is 69.8 Å². The highest BCUT2D eigenvalue weighted by Crippen LogP contribution is 2.14. The average molecular weight is 300 g/mol. The van der Waals surface area contributed by atoms with E-state index in [0.717, 1.165) is 19.4 Å². The Bertz CT molecular complexity index is 168. The number of hydrogen-bond donors (Lipinski definition) is 2. The van der Waals surface area contributed by atoms with Gasteiger partial charge in [0.2, 0.25) is 0 Å². The second kappa shape index (κ2) is 13.9. The zero-order valence-corrected chi connectivity index (χ0v) is 13.7. The van der Waals surface area contributed by atoms with E-state index in [2.05, 4.69) is 6.92 Å². The van der Waals surface area contributed by atoms with Gasteiger partial charge in [-0.15, -0.1) is 11.6 Å². The summed E-state index contributed by atoms with van der Waals surface area (Å²) in [5.74, 6) is 0. The van der Waals surface area contributed by atoms with Crippen molar-refractivity contribution in [2.24, 2.45) is 0 Å². The molecule has 0 heterocycles. The molecule has 2 unspecified atom stereocenters. The Balaban J connectivity index is 0. The van der Waals surface area contributed by atoms with Crippen molar-refractivity contribution in [1.29, 1.82) is 0 Å². The number of likely N-dealkylation sites (N-methyl/N-ethyl adjacent to an activating group) is 1. The molecule has 0 aliphatic rings. The third-order valence-corrected chi connectivity index (χ3v) is 3.63. The summed E-state index contributed by atoms with van der Waals surface area (Å²) in [4.78, 5) is 1.25. The first-order chi connectivity index (χ1) is 8.07. The molecule has 0 saturated heterocycles. The quantitative estimate of drug-likeness (QED) is 0.381. The van der Waals surface area contributed by atoms with Gasteiger partial charge in [-0.3, -0.25) is 0 Å². The van der Waals surface area contributed by atoms with Crippen molar-refractivity contribution in [3.05, 3.63) is 0 Å². The van der Waals surface area contributed by atoms with Crippen LogP contribution < -0.4 is 17.3 Å². The molecule has 0 amide bonds. The first kappa shape index (κ1) is 20.8. The molecule has 0 aliphatic heterocycles. The molecule has 0 bridgehead atoms. The zero-order chi connectivity index (χ0) is 13.1. The molecule has 0 aromatic rings. The summed E-state index contributed by atoms with van der Waals surface area (Å²) in [5, 5.41) is 9.74. The highest BCUT2D eigenvalue weighted by Gasteiger charge is 2.18. The Morgan fingerprint density at radius 3 is 2.00 bits per heavy atom. The molecular weight excluding hydrogens is 269 g/mol. The number of nitrogens with one attached hydrogen (secondary N) is 1. The Morgan fingerprint density at radius 2 is 1.50 bits per heavy atom. The second-order valence-electron chi connectivity index (χ2n) is 5.40. The predicted octanol–water partition coefficient (Wildman–Crippen LogP) is -0.756. The summed E-state index contributed by atoms with van der Waals surface area (Å²) in [7, 11) is 4.08. The molecule has 0 aromatic heterocycles. The summed E-state index contributed by atoms with van der Waals surface area (Å²) in [6.45, 7) is 2.98. The number of aliphatic hydroxyl groups is 1. The van der Waals surface area contributed by atoms with E-state index in [-0.39, 0.29) is 23.9 Å². The topological polar surface area (TPSA) is 24.7 Å². The first-order valence-corrected chi connectivity index (χ1v) is 7.62. The minimum Gasteiger partial charge on any atom is -1.00 e. The highest BCUT2D eigenvalue weighted by atomic mass is 35.5. The smallest absolute Gasteiger partial charge is 0.119 e. The first-order valence-electron chi connectivity index (χ1n) is 7.19. The Hall–Kier alpha value is 0.500. The van der Waals surface area contributed by atoms with Crippen LogP contribution in [0.15, 0.2) is 0 Å². The molecule has 0 fully saturated rings. The van der Waals surface area contributed by atoms with Crippen molar-refractivity contribution in [3.63, 3.8) is 0 Å². The summed E-state index contributed by atoms with van der Waals surface area (Å²) >= 11 is 6.17. The van der Waals surface area contributed by atoms with E-state index in [0.29, 0.717) is 0 Å². The fraction of sp³-hybridized carbons (Fsp3) is 1.00. The van der Waals surface area contributed by atoms with Crippen molar-refractivity contribution >= 4 is 11.6 Å². The minimum atomic E-state index is -0.359. The van der Waals surface area contributed by atoms with Crippen LogP contribution in [-0.2, 0) is 0 Å². The molecule has 112 valence electrons. The number of quaternary nitrogens is 1. The summed E-state index contributed by atoms with van der Waals surface area (Å²) in [5.41, 5.74) is 0. The highest BCUT2D eigenvalue weighted by molar-refractivity contribution is 6.21. The lowest BCUT2D eigenvalue weighted by Crippen LogP contribution is -3.07. The van der Waals surface area contributed by atoms with Crippen LogP contribution in [0.25, 0.3) is 0 Å². The maximum atomic E-state index is 9.81. The largest absolute Gasteiger partial charge is 1.00 e. The molecule has 0 aliphatic carbocycles. The lowest BCUT2D eigenvalue weighted by molar-refractivity contribution is -0.861. The molecule has 0 saturated carbocycles. The maximum Gasteiger partial charge on any atom is 0.119 e. The van der Waals surface area contributed by atoms with Gasteiger partial charge < -0.3 is 22.4 Å². The van der Waals surface area contributed by atoms with E-state index in [9.17, 15) is 5.11 Å². The van der Waals surface area contributed by atoms with E-state index in [4.69, 9.17) is 11.6 Å². The number of rotatable bonds is 11. The van der Waals surface area contributed by atoms with Crippen LogP contribution in [0.1, 0.15) is 58.3 Å². The van der Waals surface area contributed by atoms with Gasteiger partial charge >= 0.3 is 0 Å². The maximum absolute atomic E-state index is 9.81. The number of halogens is 2. The fourth-order valence-corrected chi connectivity index (χ4v) is 2.28. The van der Waals surface area contributed by atoms with Gasteiger partial charge in [-0.1, -0.05) is 51.9 Å². The van der Waals surface area contributed by atoms with E-state index in [1.54, 1.807) is 0 Å². The van der Waals surface area contributed by atoms with Crippen molar-refractivity contribution in [3.8, 4) is 0 Å². The molecule has 2 N–H and O–H groups in total. The van der Waals surface area contributed by atoms with Gasteiger partial charge in [0.25, 0.3) is 0 Å². The average Bonchev–Trinajstić information content (AvgIpc) is 2.26. The van der Waals surface area contributed by atoms with Crippen LogP contribution in [-0.4, -0.2) is 37.2 Å². The van der Waals surface area contributed by atoms with Crippen LogP contribution in [0.2, 0.25) is 0 Å². The molecule has 18 heavy (non-hydrogen) atoms. The van der Waals surface area contributed by atoms with Crippen LogP contribution >= 0.6 is 11.6 Å². The van der Waals surface area contributed by atoms with Crippen LogP contribution in [0.3, 0.4) is 0 Å². The van der Waals surface area contributed by atoms with Crippen molar-refractivity contribution in [1.82, 2.24) is 0 Å². The Morgan fingerprint density at radius 1 is 1.00 bits per heavy atom. The number of hydrogen-bond acceptors (Lipinski definition) is 1. The molecule has 0 radical (unpaired) electrons. The normalized spacial score (nSPS) is 14.3.